The van der Waals surface area contributed by atoms with Crippen LogP contribution in [0, 0.1) is 0 Å². The monoisotopic (exact) mass is 218 g/mol. The van der Waals surface area contributed by atoms with E-state index in [9.17, 15) is 9.90 Å². The number of fused-ring (bicyclic) bond motifs is 3. The number of benzene rings is 1. The average molecular weight is 218 g/mol. The van der Waals surface area contributed by atoms with Gasteiger partial charge in [-0.3, -0.25) is 15.0 Å². The Bertz CT molecular complexity index is 470. The Hall–Kier alpha value is -1.39. The van der Waals surface area contributed by atoms with E-state index in [2.05, 4.69) is 5.32 Å². The smallest absolute Gasteiger partial charge is 0.245 e. The van der Waals surface area contributed by atoms with Crippen molar-refractivity contribution in [1.82, 2.24) is 5.32 Å². The maximum Gasteiger partial charge on any atom is 0.245 e. The largest absolute Gasteiger partial charge is 0.382 e. The molecule has 1 aromatic carbocycles. The van der Waals surface area contributed by atoms with E-state index >= 15 is 0 Å². The first-order valence-electron chi connectivity index (χ1n) is 5.44. The Morgan fingerprint density at radius 1 is 1.44 bits per heavy atom. The molecule has 0 aromatic heterocycles. The standard InChI is InChI=1S/C12H14N2O2/c1-7-10(15)14-9-6-4-3-5-8(9)12(2,16)11(14)13-7/h3-7,11,13,16H,1-2H3/t7-,11-,12-/m0/s1. The second kappa shape index (κ2) is 2.84. The van der Waals surface area contributed by atoms with E-state index in [1.165, 1.54) is 0 Å². The molecule has 2 N–H and O–H groups in total. The van der Waals surface area contributed by atoms with Crippen molar-refractivity contribution in [3.8, 4) is 0 Å². The zero-order valence-corrected chi connectivity index (χ0v) is 9.27. The van der Waals surface area contributed by atoms with Crippen LogP contribution >= 0.6 is 0 Å². The van der Waals surface area contributed by atoms with E-state index in [1.807, 2.05) is 31.2 Å². The van der Waals surface area contributed by atoms with Gasteiger partial charge in [-0.15, -0.1) is 0 Å². The SMILES string of the molecule is C[C@@H]1N[C@H]2N(C1=O)c1ccccc1[C@]2(C)O. The molecule has 84 valence electrons. The normalized spacial score (nSPS) is 36.4. The number of nitrogens with one attached hydrogen (secondary N) is 1. The molecule has 2 aliphatic rings. The molecule has 0 radical (unpaired) electrons. The molecule has 1 saturated heterocycles. The van der Waals surface area contributed by atoms with Crippen LogP contribution in [-0.2, 0) is 10.4 Å². The minimum absolute atomic E-state index is 0.0234. The van der Waals surface area contributed by atoms with Crippen molar-refractivity contribution < 1.29 is 9.90 Å². The lowest BCUT2D eigenvalue weighted by Gasteiger charge is -2.26. The van der Waals surface area contributed by atoms with E-state index in [1.54, 1.807) is 11.8 Å². The fourth-order valence-corrected chi connectivity index (χ4v) is 2.65. The second-order valence-corrected chi connectivity index (χ2v) is 4.66. The van der Waals surface area contributed by atoms with Gasteiger partial charge in [-0.25, -0.2) is 0 Å². The molecule has 3 rings (SSSR count). The van der Waals surface area contributed by atoms with Crippen molar-refractivity contribution in [3.63, 3.8) is 0 Å². The van der Waals surface area contributed by atoms with E-state index < -0.39 is 5.60 Å². The number of hydrogen-bond acceptors (Lipinski definition) is 3. The zero-order valence-electron chi connectivity index (χ0n) is 9.27. The van der Waals surface area contributed by atoms with E-state index in [4.69, 9.17) is 0 Å². The Morgan fingerprint density at radius 2 is 2.12 bits per heavy atom. The van der Waals surface area contributed by atoms with E-state index in [0.717, 1.165) is 11.3 Å². The quantitative estimate of drug-likeness (QED) is 0.669. The number of rotatable bonds is 0. The maximum absolute atomic E-state index is 12.0. The Labute approximate surface area is 93.9 Å². The molecule has 2 heterocycles. The summed E-state index contributed by atoms with van der Waals surface area (Å²) in [4.78, 5) is 13.7. The van der Waals surface area contributed by atoms with Crippen molar-refractivity contribution in [2.24, 2.45) is 0 Å². The van der Waals surface area contributed by atoms with Gasteiger partial charge in [0.15, 0.2) is 0 Å². The van der Waals surface area contributed by atoms with Gasteiger partial charge in [-0.1, -0.05) is 18.2 Å². The highest BCUT2D eigenvalue weighted by Crippen LogP contribution is 2.44. The molecular weight excluding hydrogens is 204 g/mol. The Balaban J connectivity index is 2.20. The van der Waals surface area contributed by atoms with Crippen LogP contribution < -0.4 is 10.2 Å². The third-order valence-corrected chi connectivity index (χ3v) is 3.52. The molecule has 2 aliphatic heterocycles. The molecule has 1 fully saturated rings. The highest BCUT2D eigenvalue weighted by atomic mass is 16.3. The van der Waals surface area contributed by atoms with Gasteiger partial charge < -0.3 is 5.11 Å². The van der Waals surface area contributed by atoms with E-state index in [0.29, 0.717) is 0 Å². The van der Waals surface area contributed by atoms with Crippen molar-refractivity contribution in [2.75, 3.05) is 4.90 Å². The molecule has 0 saturated carbocycles. The van der Waals surface area contributed by atoms with Crippen LogP contribution in [0.4, 0.5) is 5.69 Å². The first-order chi connectivity index (χ1) is 7.53. The van der Waals surface area contributed by atoms with Gasteiger partial charge in [0, 0.05) is 5.56 Å². The maximum atomic E-state index is 12.0. The van der Waals surface area contributed by atoms with Crippen LogP contribution in [0.2, 0.25) is 0 Å². The minimum Gasteiger partial charge on any atom is -0.382 e. The molecule has 3 atom stereocenters. The second-order valence-electron chi connectivity index (χ2n) is 4.66. The molecule has 0 bridgehead atoms. The van der Waals surface area contributed by atoms with Gasteiger partial charge in [0.1, 0.15) is 11.8 Å². The molecule has 16 heavy (non-hydrogen) atoms. The van der Waals surface area contributed by atoms with Crippen LogP contribution in [0.3, 0.4) is 0 Å². The molecule has 4 heteroatoms. The molecular formula is C12H14N2O2. The lowest BCUT2D eigenvalue weighted by atomic mass is 9.96. The molecule has 0 unspecified atom stereocenters. The number of carbonyl (C=O) groups excluding carboxylic acids is 1. The molecule has 1 amide bonds. The summed E-state index contributed by atoms with van der Waals surface area (Å²) < 4.78 is 0. The predicted molar refractivity (Wildman–Crippen MR) is 59.9 cm³/mol. The van der Waals surface area contributed by atoms with Crippen molar-refractivity contribution in [2.45, 2.75) is 31.7 Å². The topological polar surface area (TPSA) is 52.6 Å². The van der Waals surface area contributed by atoms with Gasteiger partial charge in [0.05, 0.1) is 11.7 Å². The van der Waals surface area contributed by atoms with Gasteiger partial charge >= 0.3 is 0 Å². The van der Waals surface area contributed by atoms with Gasteiger partial charge in [0.25, 0.3) is 0 Å². The van der Waals surface area contributed by atoms with Crippen molar-refractivity contribution in [3.05, 3.63) is 29.8 Å². The third kappa shape index (κ3) is 0.982. The minimum atomic E-state index is -1.02. The number of anilines is 1. The summed E-state index contributed by atoms with van der Waals surface area (Å²) in [6, 6.07) is 7.27. The lowest BCUT2D eigenvalue weighted by molar-refractivity contribution is -0.118. The Kier molecular flexibility index (Phi) is 1.74. The van der Waals surface area contributed by atoms with Crippen molar-refractivity contribution in [1.29, 1.82) is 0 Å². The Morgan fingerprint density at radius 3 is 2.88 bits per heavy atom. The van der Waals surface area contributed by atoms with Gasteiger partial charge in [-0.2, -0.15) is 0 Å². The highest BCUT2D eigenvalue weighted by Gasteiger charge is 2.54. The number of aliphatic hydroxyl groups is 1. The number of hydrogen-bond donors (Lipinski definition) is 2. The van der Waals surface area contributed by atoms with E-state index in [-0.39, 0.29) is 18.1 Å². The molecule has 0 spiro atoms. The summed E-state index contributed by atoms with van der Waals surface area (Å²) in [5.74, 6) is 0.0234. The summed E-state index contributed by atoms with van der Waals surface area (Å²) in [5.41, 5.74) is 0.615. The summed E-state index contributed by atoms with van der Waals surface area (Å²) in [6.07, 6.45) is -0.340. The number of amides is 1. The summed E-state index contributed by atoms with van der Waals surface area (Å²) >= 11 is 0. The highest BCUT2D eigenvalue weighted by molar-refractivity contribution is 6.02. The summed E-state index contributed by atoms with van der Waals surface area (Å²) in [7, 11) is 0. The van der Waals surface area contributed by atoms with Crippen LogP contribution in [-0.4, -0.2) is 23.2 Å². The number of nitrogens with zero attached hydrogens (tertiary/aromatic N) is 1. The van der Waals surface area contributed by atoms with Gasteiger partial charge in [0.2, 0.25) is 5.91 Å². The molecule has 1 aromatic rings. The zero-order chi connectivity index (χ0) is 11.5. The van der Waals surface area contributed by atoms with Crippen LogP contribution in [0.1, 0.15) is 19.4 Å². The number of para-hydroxylation sites is 1. The first-order valence-corrected chi connectivity index (χ1v) is 5.44. The average Bonchev–Trinajstić information content (AvgIpc) is 2.66. The molecule has 4 nitrogen and oxygen atoms in total. The van der Waals surface area contributed by atoms with Crippen LogP contribution in [0.25, 0.3) is 0 Å². The summed E-state index contributed by atoms with van der Waals surface area (Å²) in [5, 5.41) is 13.6. The lowest BCUT2D eigenvalue weighted by Crippen LogP contribution is -2.47. The third-order valence-electron chi connectivity index (χ3n) is 3.52. The fraction of sp³-hybridized carbons (Fsp3) is 0.417. The summed E-state index contributed by atoms with van der Waals surface area (Å²) in [6.45, 7) is 3.56. The predicted octanol–water partition coefficient (Wildman–Crippen LogP) is 0.558. The van der Waals surface area contributed by atoms with Crippen LogP contribution in [0.15, 0.2) is 24.3 Å². The van der Waals surface area contributed by atoms with Crippen LogP contribution in [0.5, 0.6) is 0 Å². The fourth-order valence-electron chi connectivity index (χ4n) is 2.65. The first kappa shape index (κ1) is 9.81. The van der Waals surface area contributed by atoms with Gasteiger partial charge in [-0.05, 0) is 19.9 Å². The number of carbonyl (C=O) groups is 1. The molecule has 0 aliphatic carbocycles. The van der Waals surface area contributed by atoms with Crippen molar-refractivity contribution >= 4 is 11.6 Å².